The minimum Gasteiger partial charge on any atom is -0.372 e. The molecule has 0 spiro atoms. The highest BCUT2D eigenvalue weighted by molar-refractivity contribution is 7.99. The van der Waals surface area contributed by atoms with Gasteiger partial charge < -0.3 is 10.2 Å². The highest BCUT2D eigenvalue weighted by Crippen LogP contribution is 2.26. The van der Waals surface area contributed by atoms with Crippen LogP contribution in [0.3, 0.4) is 0 Å². The van der Waals surface area contributed by atoms with Crippen molar-refractivity contribution >= 4 is 29.0 Å². The van der Waals surface area contributed by atoms with E-state index >= 15 is 0 Å². The fraction of sp³-hybridized carbons (Fsp3) is 0.300. The number of aryl methyl sites for hydroxylation is 1. The van der Waals surface area contributed by atoms with Gasteiger partial charge in [-0.05, 0) is 72.2 Å². The summed E-state index contributed by atoms with van der Waals surface area (Å²) in [4.78, 5) is 14.8. The van der Waals surface area contributed by atoms with Gasteiger partial charge in [0, 0.05) is 24.5 Å². The summed E-state index contributed by atoms with van der Waals surface area (Å²) in [6.45, 7) is 4.16. The summed E-state index contributed by atoms with van der Waals surface area (Å²) in [5.41, 5.74) is 3.52. The average Bonchev–Trinajstić information content (AvgIpc) is 3.40. The van der Waals surface area contributed by atoms with E-state index in [4.69, 9.17) is 0 Å². The predicted octanol–water partition coefficient (Wildman–Crippen LogP) is 3.44. The third kappa shape index (κ3) is 4.56. The van der Waals surface area contributed by atoms with Crippen molar-refractivity contribution in [2.24, 2.45) is 0 Å². The van der Waals surface area contributed by atoms with Crippen LogP contribution in [0.5, 0.6) is 0 Å². The van der Waals surface area contributed by atoms with Gasteiger partial charge in [0.2, 0.25) is 11.1 Å². The maximum absolute atomic E-state index is 13.5. The maximum Gasteiger partial charge on any atom is 0.234 e. The van der Waals surface area contributed by atoms with Crippen molar-refractivity contribution in [3.05, 3.63) is 53.8 Å². The molecule has 1 saturated heterocycles. The van der Waals surface area contributed by atoms with Crippen LogP contribution in [-0.4, -0.2) is 45.0 Å². The van der Waals surface area contributed by atoms with Crippen LogP contribution in [0.25, 0.3) is 5.69 Å². The molecule has 4 rings (SSSR count). The number of hydrogen-bond donors (Lipinski definition) is 1. The number of nitrogens with zero attached hydrogens (tertiary/aromatic N) is 5. The Labute approximate surface area is 172 Å². The summed E-state index contributed by atoms with van der Waals surface area (Å²) in [6, 6.07) is 12.1. The number of thioether (sulfide) groups is 1. The molecule has 1 amide bonds. The fourth-order valence-corrected chi connectivity index (χ4v) is 4.01. The van der Waals surface area contributed by atoms with Crippen LogP contribution in [0.1, 0.15) is 18.4 Å². The van der Waals surface area contributed by atoms with E-state index in [9.17, 15) is 9.18 Å². The second-order valence-electron chi connectivity index (χ2n) is 6.88. The molecule has 29 heavy (non-hydrogen) atoms. The highest BCUT2D eigenvalue weighted by Gasteiger charge is 2.15. The number of hydrogen-bond acceptors (Lipinski definition) is 6. The zero-order valence-corrected chi connectivity index (χ0v) is 16.8. The van der Waals surface area contributed by atoms with E-state index < -0.39 is 0 Å². The Morgan fingerprint density at radius 1 is 1.17 bits per heavy atom. The Kier molecular flexibility index (Phi) is 5.75. The smallest absolute Gasteiger partial charge is 0.234 e. The van der Waals surface area contributed by atoms with E-state index in [1.54, 1.807) is 12.1 Å². The number of amides is 1. The number of rotatable bonds is 6. The molecular weight excluding hydrogens is 391 g/mol. The molecule has 1 aliphatic rings. The molecule has 150 valence electrons. The summed E-state index contributed by atoms with van der Waals surface area (Å²) in [5.74, 6) is -0.386. The molecule has 2 aromatic carbocycles. The molecule has 1 aromatic heterocycles. The van der Waals surface area contributed by atoms with Crippen LogP contribution < -0.4 is 10.2 Å². The Hall–Kier alpha value is -2.94. The number of aromatic nitrogens is 4. The van der Waals surface area contributed by atoms with E-state index in [-0.39, 0.29) is 17.5 Å². The number of tetrazole rings is 1. The fourth-order valence-electron chi connectivity index (χ4n) is 3.32. The highest BCUT2D eigenvalue weighted by atomic mass is 32.2. The summed E-state index contributed by atoms with van der Waals surface area (Å²) in [6.07, 6.45) is 2.45. The summed E-state index contributed by atoms with van der Waals surface area (Å²) in [5, 5.41) is 14.8. The largest absolute Gasteiger partial charge is 0.372 e. The van der Waals surface area contributed by atoms with Crippen molar-refractivity contribution in [2.75, 3.05) is 29.1 Å². The SMILES string of the molecule is Cc1cc(N2CCCC2)ccc1NC(=O)CSc1nnnn1-c1cccc(F)c1. The van der Waals surface area contributed by atoms with Crippen LogP contribution in [-0.2, 0) is 4.79 Å². The number of anilines is 2. The van der Waals surface area contributed by atoms with Crippen molar-refractivity contribution < 1.29 is 9.18 Å². The van der Waals surface area contributed by atoms with Crippen molar-refractivity contribution in [1.82, 2.24) is 20.2 Å². The van der Waals surface area contributed by atoms with Crippen molar-refractivity contribution in [3.8, 4) is 5.69 Å². The van der Waals surface area contributed by atoms with Gasteiger partial charge in [-0.15, -0.1) is 5.10 Å². The number of nitrogens with one attached hydrogen (secondary N) is 1. The molecular formula is C20H21FN6OS. The predicted molar refractivity (Wildman–Crippen MR) is 111 cm³/mol. The van der Waals surface area contributed by atoms with Crippen molar-refractivity contribution in [2.45, 2.75) is 24.9 Å². The molecule has 3 aromatic rings. The minimum atomic E-state index is -0.375. The molecule has 1 aliphatic heterocycles. The van der Waals surface area contributed by atoms with Gasteiger partial charge in [0.15, 0.2) is 0 Å². The van der Waals surface area contributed by atoms with Crippen molar-refractivity contribution in [1.29, 1.82) is 0 Å². The number of benzene rings is 2. The van der Waals surface area contributed by atoms with E-state index in [1.165, 1.54) is 47.1 Å². The summed E-state index contributed by atoms with van der Waals surface area (Å²) < 4.78 is 14.9. The summed E-state index contributed by atoms with van der Waals surface area (Å²) in [7, 11) is 0. The lowest BCUT2D eigenvalue weighted by molar-refractivity contribution is -0.113. The van der Waals surface area contributed by atoms with Crippen LogP contribution in [0.4, 0.5) is 15.8 Å². The molecule has 0 saturated carbocycles. The third-order valence-corrected chi connectivity index (χ3v) is 5.70. The van der Waals surface area contributed by atoms with Gasteiger partial charge in [0.1, 0.15) is 5.82 Å². The molecule has 0 aliphatic carbocycles. The lowest BCUT2D eigenvalue weighted by atomic mass is 10.1. The molecule has 0 radical (unpaired) electrons. The molecule has 0 bridgehead atoms. The molecule has 7 nitrogen and oxygen atoms in total. The van der Waals surface area contributed by atoms with E-state index in [0.29, 0.717) is 10.8 Å². The lowest BCUT2D eigenvalue weighted by Crippen LogP contribution is -2.18. The van der Waals surface area contributed by atoms with Gasteiger partial charge in [0.05, 0.1) is 11.4 Å². The Bertz CT molecular complexity index is 1020. The first-order chi connectivity index (χ1) is 14.1. The zero-order chi connectivity index (χ0) is 20.2. The first-order valence-corrected chi connectivity index (χ1v) is 10.4. The van der Waals surface area contributed by atoms with E-state index in [2.05, 4.69) is 31.8 Å². The number of halogens is 1. The molecule has 1 N–H and O–H groups in total. The van der Waals surface area contributed by atoms with Crippen LogP contribution in [0, 0.1) is 12.7 Å². The topological polar surface area (TPSA) is 75.9 Å². The molecule has 9 heteroatoms. The quantitative estimate of drug-likeness (QED) is 0.625. The molecule has 0 unspecified atom stereocenters. The van der Waals surface area contributed by atoms with Gasteiger partial charge >= 0.3 is 0 Å². The summed E-state index contributed by atoms with van der Waals surface area (Å²) >= 11 is 1.20. The van der Waals surface area contributed by atoms with Crippen LogP contribution >= 0.6 is 11.8 Å². The van der Waals surface area contributed by atoms with Gasteiger partial charge in [-0.3, -0.25) is 4.79 Å². The van der Waals surface area contributed by atoms with E-state index in [0.717, 1.165) is 24.3 Å². The Balaban J connectivity index is 1.38. The minimum absolute atomic E-state index is 0.142. The molecule has 1 fully saturated rings. The number of carbonyl (C=O) groups excluding carboxylic acids is 1. The first-order valence-electron chi connectivity index (χ1n) is 9.43. The number of carbonyl (C=O) groups is 1. The van der Waals surface area contributed by atoms with Crippen molar-refractivity contribution in [3.63, 3.8) is 0 Å². The lowest BCUT2D eigenvalue weighted by Gasteiger charge is -2.19. The average molecular weight is 412 g/mol. The van der Waals surface area contributed by atoms with Gasteiger partial charge in [-0.2, -0.15) is 4.68 Å². The molecule has 2 heterocycles. The van der Waals surface area contributed by atoms with Crippen LogP contribution in [0.2, 0.25) is 0 Å². The third-order valence-electron chi connectivity index (χ3n) is 4.78. The van der Waals surface area contributed by atoms with E-state index in [1.807, 2.05) is 19.1 Å². The maximum atomic E-state index is 13.5. The van der Waals surface area contributed by atoms with Gasteiger partial charge in [-0.25, -0.2) is 4.39 Å². The zero-order valence-electron chi connectivity index (χ0n) is 16.0. The Morgan fingerprint density at radius 3 is 2.76 bits per heavy atom. The van der Waals surface area contributed by atoms with Crippen LogP contribution in [0.15, 0.2) is 47.6 Å². The Morgan fingerprint density at radius 2 is 2.00 bits per heavy atom. The second kappa shape index (κ2) is 8.60. The van der Waals surface area contributed by atoms with Gasteiger partial charge in [-0.1, -0.05) is 17.8 Å². The standard InChI is InChI=1S/C20H21FN6OS/c1-14-11-16(26-9-2-3-10-26)7-8-18(14)22-19(28)13-29-20-23-24-25-27(20)17-6-4-5-15(21)12-17/h4-8,11-12H,2-3,9-10,13H2,1H3,(H,22,28). The van der Waals surface area contributed by atoms with Gasteiger partial charge in [0.25, 0.3) is 0 Å². The normalized spacial score (nSPS) is 13.7. The first kappa shape index (κ1) is 19.4. The monoisotopic (exact) mass is 412 g/mol. The molecule has 0 atom stereocenters. The second-order valence-corrected chi connectivity index (χ2v) is 7.83.